The Morgan fingerprint density at radius 1 is 1.33 bits per heavy atom. The molecule has 8 heteroatoms. The molecule has 2 aliphatic rings. The van der Waals surface area contributed by atoms with Gasteiger partial charge in [0.1, 0.15) is 11.9 Å². The van der Waals surface area contributed by atoms with Crippen LogP contribution in [0.4, 0.5) is 0 Å². The molecule has 1 aliphatic carbocycles. The molecule has 3 atom stereocenters. The van der Waals surface area contributed by atoms with Crippen molar-refractivity contribution in [3.63, 3.8) is 0 Å². The maximum Gasteiger partial charge on any atom is 0.263 e. The Balaban J connectivity index is 1.85. The van der Waals surface area contributed by atoms with Gasteiger partial charge in [-0.05, 0) is 49.8 Å². The number of nitrogens with two attached hydrogens (primary N) is 1. The van der Waals surface area contributed by atoms with E-state index in [9.17, 15) is 13.2 Å². The van der Waals surface area contributed by atoms with Crippen LogP contribution in [0.25, 0.3) is 0 Å². The number of benzene rings is 1. The molecule has 27 heavy (non-hydrogen) atoms. The highest BCUT2D eigenvalue weighted by Crippen LogP contribution is 2.26. The fraction of sp³-hybridized carbons (Fsp3) is 0.579. The monoisotopic (exact) mass is 392 g/mol. The molecule has 1 fully saturated rings. The minimum absolute atomic E-state index is 0.0740. The summed E-state index contributed by atoms with van der Waals surface area (Å²) in [6.45, 7) is 4.60. The number of rotatable bonds is 6. The second kappa shape index (κ2) is 7.98. The van der Waals surface area contributed by atoms with Gasteiger partial charge in [0, 0.05) is 11.6 Å². The van der Waals surface area contributed by atoms with Gasteiger partial charge in [0.05, 0.1) is 4.90 Å². The molecule has 0 spiro atoms. The number of nitrogens with one attached hydrogen (secondary N) is 2. The Kier molecular flexibility index (Phi) is 5.86. The minimum atomic E-state index is -3.62. The highest BCUT2D eigenvalue weighted by molar-refractivity contribution is 7.90. The number of carbonyl (C=O) groups excluding carboxylic acids is 1. The lowest BCUT2D eigenvalue weighted by Gasteiger charge is -2.23. The van der Waals surface area contributed by atoms with Crippen LogP contribution in [-0.4, -0.2) is 38.8 Å². The zero-order chi connectivity index (χ0) is 19.6. The molecule has 3 rings (SSSR count). The van der Waals surface area contributed by atoms with E-state index in [2.05, 4.69) is 15.0 Å². The average molecular weight is 393 g/mol. The summed E-state index contributed by atoms with van der Waals surface area (Å²) in [7, 11) is -3.62. The van der Waals surface area contributed by atoms with E-state index in [-0.39, 0.29) is 28.6 Å². The van der Waals surface area contributed by atoms with Gasteiger partial charge in [0.25, 0.3) is 10.0 Å². The summed E-state index contributed by atoms with van der Waals surface area (Å²) < 4.78 is 27.1. The smallest absolute Gasteiger partial charge is 0.263 e. The first-order valence-electron chi connectivity index (χ1n) is 9.52. The van der Waals surface area contributed by atoms with Crippen molar-refractivity contribution in [1.29, 1.82) is 0 Å². The summed E-state index contributed by atoms with van der Waals surface area (Å²) >= 11 is 0. The van der Waals surface area contributed by atoms with Crippen molar-refractivity contribution < 1.29 is 13.2 Å². The number of amidine groups is 1. The van der Waals surface area contributed by atoms with E-state index in [1.807, 2.05) is 13.8 Å². The van der Waals surface area contributed by atoms with E-state index in [1.54, 1.807) is 24.3 Å². The molecule has 1 aromatic carbocycles. The van der Waals surface area contributed by atoms with Crippen molar-refractivity contribution in [2.75, 3.05) is 6.54 Å². The molecular formula is C19H28N4O3S. The zero-order valence-electron chi connectivity index (χ0n) is 15.8. The van der Waals surface area contributed by atoms with E-state index in [0.717, 1.165) is 19.3 Å². The third kappa shape index (κ3) is 4.32. The molecule has 0 bridgehead atoms. The first kappa shape index (κ1) is 19.8. The van der Waals surface area contributed by atoms with Crippen molar-refractivity contribution in [2.24, 2.45) is 22.6 Å². The topological polar surface area (TPSA) is 114 Å². The summed E-state index contributed by atoms with van der Waals surface area (Å²) in [6, 6.07) is 6.11. The van der Waals surface area contributed by atoms with E-state index in [0.29, 0.717) is 24.4 Å². The molecule has 0 saturated heterocycles. The fourth-order valence-electron chi connectivity index (χ4n) is 3.84. The van der Waals surface area contributed by atoms with Crippen LogP contribution < -0.4 is 15.8 Å². The maximum atomic E-state index is 12.9. The lowest BCUT2D eigenvalue weighted by atomic mass is 10.0. The Morgan fingerprint density at radius 2 is 2.07 bits per heavy atom. The van der Waals surface area contributed by atoms with Gasteiger partial charge in [-0.15, -0.1) is 0 Å². The molecule has 1 amide bonds. The maximum absolute atomic E-state index is 12.9. The Morgan fingerprint density at radius 3 is 2.78 bits per heavy atom. The van der Waals surface area contributed by atoms with Crippen LogP contribution in [0.2, 0.25) is 0 Å². The molecular weight excluding hydrogens is 364 g/mol. The van der Waals surface area contributed by atoms with Crippen molar-refractivity contribution in [3.8, 4) is 0 Å². The van der Waals surface area contributed by atoms with Gasteiger partial charge in [-0.25, -0.2) is 8.42 Å². The molecule has 1 heterocycles. The molecule has 148 valence electrons. The summed E-state index contributed by atoms with van der Waals surface area (Å²) in [4.78, 5) is 17.7. The molecule has 0 aromatic heterocycles. The van der Waals surface area contributed by atoms with Crippen LogP contribution >= 0.6 is 0 Å². The summed E-state index contributed by atoms with van der Waals surface area (Å²) in [5, 5.41) is 3.10. The quantitative estimate of drug-likeness (QED) is 0.679. The molecule has 1 saturated carbocycles. The van der Waals surface area contributed by atoms with E-state index in [1.165, 1.54) is 0 Å². The SMILES string of the molecule is CC(C)CC(N=C1NS(=O)(=O)c2ccccc21)C(=O)NC1CCCC1CN. The number of nitrogens with zero attached hydrogens (tertiary/aromatic N) is 1. The number of fused-ring (bicyclic) bond motifs is 1. The van der Waals surface area contributed by atoms with Crippen LogP contribution in [0.1, 0.15) is 45.1 Å². The number of amides is 1. The second-order valence-electron chi connectivity index (χ2n) is 7.77. The van der Waals surface area contributed by atoms with Crippen LogP contribution in [0.5, 0.6) is 0 Å². The van der Waals surface area contributed by atoms with Crippen LogP contribution in [0.15, 0.2) is 34.2 Å². The lowest BCUT2D eigenvalue weighted by Crippen LogP contribution is -2.45. The van der Waals surface area contributed by atoms with Gasteiger partial charge < -0.3 is 11.1 Å². The van der Waals surface area contributed by atoms with Gasteiger partial charge in [0.2, 0.25) is 5.91 Å². The highest BCUT2D eigenvalue weighted by Gasteiger charge is 2.33. The summed E-state index contributed by atoms with van der Waals surface area (Å²) in [6.07, 6.45) is 3.55. The standard InChI is InChI=1S/C19H28N4O3S/c1-12(2)10-16(19(24)22-15-8-5-6-13(15)11-20)21-18-14-7-3-4-9-17(14)27(25,26)23-18/h3-4,7,9,12-13,15-16H,5-6,8,10-11,20H2,1-2H3,(H,21,23)(H,22,24). The summed E-state index contributed by atoms with van der Waals surface area (Å²) in [5.41, 5.74) is 6.33. The van der Waals surface area contributed by atoms with Crippen LogP contribution in [-0.2, 0) is 14.8 Å². The third-order valence-electron chi connectivity index (χ3n) is 5.23. The van der Waals surface area contributed by atoms with Gasteiger partial charge in [-0.2, -0.15) is 0 Å². The van der Waals surface area contributed by atoms with Crippen LogP contribution in [0.3, 0.4) is 0 Å². The predicted octanol–water partition coefficient (Wildman–Crippen LogP) is 1.38. The normalized spacial score (nSPS) is 26.0. The molecule has 1 aromatic rings. The highest BCUT2D eigenvalue weighted by atomic mass is 32.2. The van der Waals surface area contributed by atoms with Gasteiger partial charge >= 0.3 is 0 Å². The number of hydrogen-bond acceptors (Lipinski definition) is 5. The predicted molar refractivity (Wildman–Crippen MR) is 105 cm³/mol. The fourth-order valence-corrected chi connectivity index (χ4v) is 5.08. The molecule has 1 aliphatic heterocycles. The Bertz CT molecular complexity index is 835. The molecule has 0 radical (unpaired) electrons. The lowest BCUT2D eigenvalue weighted by molar-refractivity contribution is -0.123. The first-order valence-corrected chi connectivity index (χ1v) is 11.0. The van der Waals surface area contributed by atoms with Crippen molar-refractivity contribution in [2.45, 2.75) is 56.5 Å². The first-order chi connectivity index (χ1) is 12.8. The number of carbonyl (C=O) groups is 1. The largest absolute Gasteiger partial charge is 0.351 e. The summed E-state index contributed by atoms with van der Waals surface area (Å²) in [5.74, 6) is 0.623. The third-order valence-corrected chi connectivity index (χ3v) is 6.63. The number of sulfonamides is 1. The van der Waals surface area contributed by atoms with Crippen molar-refractivity contribution in [3.05, 3.63) is 29.8 Å². The van der Waals surface area contributed by atoms with E-state index >= 15 is 0 Å². The number of hydrogen-bond donors (Lipinski definition) is 3. The van der Waals surface area contributed by atoms with Gasteiger partial charge in [-0.1, -0.05) is 32.4 Å². The molecule has 3 unspecified atom stereocenters. The average Bonchev–Trinajstić information content (AvgIpc) is 3.16. The Labute approximate surface area is 160 Å². The van der Waals surface area contributed by atoms with Crippen LogP contribution in [0, 0.1) is 11.8 Å². The van der Waals surface area contributed by atoms with Gasteiger partial charge in [0.15, 0.2) is 0 Å². The van der Waals surface area contributed by atoms with E-state index < -0.39 is 16.1 Å². The second-order valence-corrected chi connectivity index (χ2v) is 9.42. The molecule has 4 N–H and O–H groups in total. The van der Waals surface area contributed by atoms with E-state index in [4.69, 9.17) is 5.73 Å². The van der Waals surface area contributed by atoms with Gasteiger partial charge in [-0.3, -0.25) is 14.5 Å². The molecule has 7 nitrogen and oxygen atoms in total. The minimum Gasteiger partial charge on any atom is -0.351 e. The van der Waals surface area contributed by atoms with Crippen molar-refractivity contribution in [1.82, 2.24) is 10.0 Å². The van der Waals surface area contributed by atoms with Crippen molar-refractivity contribution >= 4 is 21.8 Å². The Hall–Kier alpha value is -1.93. The number of aliphatic imine (C=N–C) groups is 1. The zero-order valence-corrected chi connectivity index (χ0v) is 16.6.